The molecule has 2 aliphatic rings. The van der Waals surface area contributed by atoms with Gasteiger partial charge in [-0.15, -0.1) is 12.4 Å². The highest BCUT2D eigenvalue weighted by molar-refractivity contribution is 5.85. The van der Waals surface area contributed by atoms with Crippen LogP contribution in [0.15, 0.2) is 0 Å². The second-order valence-electron chi connectivity index (χ2n) is 6.38. The highest BCUT2D eigenvalue weighted by atomic mass is 35.5. The van der Waals surface area contributed by atoms with Gasteiger partial charge in [0.2, 0.25) is 5.88 Å². The molecular formula is C15H27ClN4O. The number of nitrogens with zero attached hydrogens (tertiary/aromatic N) is 3. The third-order valence-electron chi connectivity index (χ3n) is 4.96. The zero-order valence-electron chi connectivity index (χ0n) is 13.4. The third kappa shape index (κ3) is 3.20. The summed E-state index contributed by atoms with van der Waals surface area (Å²) in [5.74, 6) is 0.895. The average Bonchev–Trinajstić information content (AvgIpc) is 2.89. The molecule has 2 saturated heterocycles. The minimum absolute atomic E-state index is 0. The molecule has 0 saturated carbocycles. The van der Waals surface area contributed by atoms with E-state index in [2.05, 4.69) is 29.3 Å². The van der Waals surface area contributed by atoms with Crippen molar-refractivity contribution in [2.45, 2.75) is 57.3 Å². The van der Waals surface area contributed by atoms with E-state index in [0.29, 0.717) is 6.04 Å². The number of halogens is 1. The minimum Gasteiger partial charge on any atom is -0.481 e. The Kier molecular flexibility index (Phi) is 5.17. The van der Waals surface area contributed by atoms with Gasteiger partial charge in [-0.05, 0) is 39.7 Å². The predicted molar refractivity (Wildman–Crippen MR) is 86.2 cm³/mol. The van der Waals surface area contributed by atoms with Crippen molar-refractivity contribution in [3.8, 4) is 5.88 Å². The highest BCUT2D eigenvalue weighted by Gasteiger charge is 2.35. The molecule has 0 aliphatic carbocycles. The maximum atomic E-state index is 5.50. The molecule has 2 unspecified atom stereocenters. The molecule has 2 fully saturated rings. The van der Waals surface area contributed by atoms with Gasteiger partial charge in [0.25, 0.3) is 0 Å². The zero-order valence-corrected chi connectivity index (χ0v) is 14.2. The summed E-state index contributed by atoms with van der Waals surface area (Å²) in [6.45, 7) is 2.99. The van der Waals surface area contributed by atoms with Crippen molar-refractivity contribution >= 4 is 12.4 Å². The number of nitrogens with one attached hydrogen (secondary N) is 1. The number of aromatic nitrogens is 2. The summed E-state index contributed by atoms with van der Waals surface area (Å²) in [6, 6.07) is 2.15. The van der Waals surface area contributed by atoms with E-state index in [-0.39, 0.29) is 12.4 Å². The fraction of sp³-hybridized carbons (Fsp3) is 0.800. The Bertz CT molecular complexity index is 478. The van der Waals surface area contributed by atoms with Gasteiger partial charge >= 0.3 is 0 Å². The van der Waals surface area contributed by atoms with Gasteiger partial charge in [-0.2, -0.15) is 5.10 Å². The van der Waals surface area contributed by atoms with Crippen LogP contribution in [0.4, 0.5) is 0 Å². The Morgan fingerprint density at radius 1 is 1.33 bits per heavy atom. The predicted octanol–water partition coefficient (Wildman–Crippen LogP) is 1.87. The molecule has 2 aliphatic heterocycles. The Balaban J connectivity index is 0.00000161. The fourth-order valence-corrected chi connectivity index (χ4v) is 3.88. The maximum absolute atomic E-state index is 5.50. The Morgan fingerprint density at radius 3 is 2.52 bits per heavy atom. The average molecular weight is 315 g/mol. The van der Waals surface area contributed by atoms with Crippen LogP contribution in [0.25, 0.3) is 0 Å². The first-order valence-electron chi connectivity index (χ1n) is 7.61. The lowest BCUT2D eigenvalue weighted by molar-refractivity contribution is 0.164. The molecule has 3 heterocycles. The first-order chi connectivity index (χ1) is 9.58. The van der Waals surface area contributed by atoms with Crippen molar-refractivity contribution in [2.24, 2.45) is 7.05 Å². The molecule has 0 amide bonds. The molecule has 5 nitrogen and oxygen atoms in total. The summed E-state index contributed by atoms with van der Waals surface area (Å²) in [4.78, 5) is 2.48. The van der Waals surface area contributed by atoms with Crippen LogP contribution in [-0.4, -0.2) is 47.0 Å². The van der Waals surface area contributed by atoms with Gasteiger partial charge in [0.1, 0.15) is 0 Å². The van der Waals surface area contributed by atoms with Crippen LogP contribution < -0.4 is 10.1 Å². The van der Waals surface area contributed by atoms with E-state index in [1.54, 1.807) is 7.11 Å². The molecule has 0 spiro atoms. The molecule has 1 aromatic rings. The Morgan fingerprint density at radius 2 is 1.95 bits per heavy atom. The van der Waals surface area contributed by atoms with E-state index >= 15 is 0 Å². The van der Waals surface area contributed by atoms with Crippen LogP contribution in [0.3, 0.4) is 0 Å². The SMILES string of the molecule is COc1c(CN(C)C2CC3CCC(C2)N3)c(C)nn1C.Cl. The van der Waals surface area contributed by atoms with Crippen LogP contribution in [0, 0.1) is 6.92 Å². The molecular weight excluding hydrogens is 288 g/mol. The first-order valence-corrected chi connectivity index (χ1v) is 7.61. The number of piperidine rings is 1. The van der Waals surface area contributed by atoms with Crippen molar-refractivity contribution in [2.75, 3.05) is 14.2 Å². The van der Waals surface area contributed by atoms with E-state index in [4.69, 9.17) is 4.74 Å². The normalized spacial score (nSPS) is 27.8. The van der Waals surface area contributed by atoms with Gasteiger partial charge in [-0.25, -0.2) is 4.68 Å². The quantitative estimate of drug-likeness (QED) is 0.921. The zero-order chi connectivity index (χ0) is 14.3. The molecule has 120 valence electrons. The van der Waals surface area contributed by atoms with Gasteiger partial charge in [0.05, 0.1) is 18.4 Å². The minimum atomic E-state index is 0. The molecule has 0 radical (unpaired) electrons. The van der Waals surface area contributed by atoms with E-state index < -0.39 is 0 Å². The number of rotatable bonds is 4. The molecule has 6 heteroatoms. The second kappa shape index (κ2) is 6.55. The topological polar surface area (TPSA) is 42.3 Å². The van der Waals surface area contributed by atoms with Crippen molar-refractivity contribution in [3.63, 3.8) is 0 Å². The Labute approximate surface area is 133 Å². The summed E-state index contributed by atoms with van der Waals surface area (Å²) in [7, 11) is 5.91. The number of ether oxygens (including phenoxy) is 1. The molecule has 2 atom stereocenters. The standard InChI is InChI=1S/C15H26N4O.ClH/c1-10-14(15(20-4)19(3)17-10)9-18(2)13-7-11-5-6-12(8-13)16-11;/h11-13,16H,5-9H2,1-4H3;1H. The number of aryl methyl sites for hydroxylation is 2. The lowest BCUT2D eigenvalue weighted by Crippen LogP contribution is -2.46. The van der Waals surface area contributed by atoms with Gasteiger partial charge in [-0.1, -0.05) is 0 Å². The van der Waals surface area contributed by atoms with Crippen molar-refractivity contribution in [1.29, 1.82) is 0 Å². The number of hydrogen-bond acceptors (Lipinski definition) is 4. The summed E-state index contributed by atoms with van der Waals surface area (Å²) < 4.78 is 7.34. The van der Waals surface area contributed by atoms with E-state index in [0.717, 1.165) is 30.2 Å². The number of fused-ring (bicyclic) bond motifs is 2. The molecule has 0 aromatic carbocycles. The summed E-state index contributed by atoms with van der Waals surface area (Å²) in [5.41, 5.74) is 2.30. The van der Waals surface area contributed by atoms with E-state index in [1.165, 1.54) is 31.2 Å². The van der Waals surface area contributed by atoms with Crippen molar-refractivity contribution in [1.82, 2.24) is 20.0 Å². The maximum Gasteiger partial charge on any atom is 0.216 e. The Hall–Kier alpha value is -0.780. The molecule has 1 N–H and O–H groups in total. The molecule has 3 rings (SSSR count). The monoisotopic (exact) mass is 314 g/mol. The lowest BCUT2D eigenvalue weighted by Gasteiger charge is -2.35. The van der Waals surface area contributed by atoms with E-state index in [1.807, 2.05) is 11.7 Å². The van der Waals surface area contributed by atoms with Crippen LogP contribution in [-0.2, 0) is 13.6 Å². The summed E-state index contributed by atoms with van der Waals surface area (Å²) in [5, 5.41) is 8.18. The van der Waals surface area contributed by atoms with Gasteiger partial charge in [0.15, 0.2) is 0 Å². The van der Waals surface area contributed by atoms with Crippen LogP contribution in [0.5, 0.6) is 5.88 Å². The third-order valence-corrected chi connectivity index (χ3v) is 4.96. The fourth-order valence-electron chi connectivity index (χ4n) is 3.88. The molecule has 2 bridgehead atoms. The van der Waals surface area contributed by atoms with Gasteiger partial charge in [-0.3, -0.25) is 4.90 Å². The summed E-state index contributed by atoms with van der Waals surface area (Å²) in [6.07, 6.45) is 5.25. The smallest absolute Gasteiger partial charge is 0.216 e. The van der Waals surface area contributed by atoms with E-state index in [9.17, 15) is 0 Å². The number of hydrogen-bond donors (Lipinski definition) is 1. The first kappa shape index (κ1) is 16.6. The van der Waals surface area contributed by atoms with Crippen LogP contribution in [0.2, 0.25) is 0 Å². The lowest BCUT2D eigenvalue weighted by atomic mass is 9.98. The van der Waals surface area contributed by atoms with Crippen molar-refractivity contribution < 1.29 is 4.74 Å². The molecule has 21 heavy (non-hydrogen) atoms. The number of methoxy groups -OCH3 is 1. The van der Waals surface area contributed by atoms with Gasteiger partial charge in [0, 0.05) is 31.7 Å². The summed E-state index contributed by atoms with van der Waals surface area (Å²) >= 11 is 0. The highest BCUT2D eigenvalue weighted by Crippen LogP contribution is 2.31. The van der Waals surface area contributed by atoms with Crippen molar-refractivity contribution in [3.05, 3.63) is 11.3 Å². The second-order valence-corrected chi connectivity index (χ2v) is 6.38. The van der Waals surface area contributed by atoms with Crippen LogP contribution in [0.1, 0.15) is 36.9 Å². The molecule has 1 aromatic heterocycles. The van der Waals surface area contributed by atoms with Crippen LogP contribution >= 0.6 is 12.4 Å². The van der Waals surface area contributed by atoms with Gasteiger partial charge < -0.3 is 10.1 Å². The largest absolute Gasteiger partial charge is 0.481 e.